The van der Waals surface area contributed by atoms with E-state index in [0.717, 1.165) is 45.7 Å². The highest BCUT2D eigenvalue weighted by atomic mass is 32.1. The van der Waals surface area contributed by atoms with Crippen LogP contribution in [0.5, 0.6) is 0 Å². The molecule has 1 amide bonds. The first-order valence-electron chi connectivity index (χ1n) is 8.12. The number of nitrogens with zero attached hydrogens (tertiary/aromatic N) is 2. The Balaban J connectivity index is 1.43. The van der Waals surface area contributed by atoms with Crippen LogP contribution < -0.4 is 5.32 Å². The predicted octanol–water partition coefficient (Wildman–Crippen LogP) is 0.812. The highest BCUT2D eigenvalue weighted by Gasteiger charge is 2.33. The molecule has 0 bridgehead atoms. The van der Waals surface area contributed by atoms with E-state index in [1.807, 2.05) is 23.2 Å². The quantitative estimate of drug-likeness (QED) is 0.891. The second kappa shape index (κ2) is 7.55. The average molecular weight is 323 g/mol. The van der Waals surface area contributed by atoms with Gasteiger partial charge in [-0.2, -0.15) is 0 Å². The van der Waals surface area contributed by atoms with Gasteiger partial charge in [-0.25, -0.2) is 0 Å². The first-order valence-corrected chi connectivity index (χ1v) is 9.00. The van der Waals surface area contributed by atoms with Crippen LogP contribution in [0.15, 0.2) is 17.5 Å². The van der Waals surface area contributed by atoms with Crippen LogP contribution in [0.2, 0.25) is 0 Å². The van der Waals surface area contributed by atoms with Crippen LogP contribution in [0.1, 0.15) is 11.8 Å². The number of nitrogens with one attached hydrogen (secondary N) is 1. The van der Waals surface area contributed by atoms with Crippen molar-refractivity contribution in [3.05, 3.63) is 22.4 Å². The minimum Gasteiger partial charge on any atom is -0.375 e. The molecule has 122 valence electrons. The Bertz CT molecular complexity index is 472. The van der Waals surface area contributed by atoms with Gasteiger partial charge in [0.05, 0.1) is 12.7 Å². The van der Waals surface area contributed by atoms with Gasteiger partial charge >= 0.3 is 0 Å². The lowest BCUT2D eigenvalue weighted by molar-refractivity contribution is -0.141. The Morgan fingerprint density at radius 1 is 1.41 bits per heavy atom. The first kappa shape index (κ1) is 15.9. The molecule has 1 N–H and O–H groups in total. The van der Waals surface area contributed by atoms with Crippen LogP contribution in [0.25, 0.3) is 0 Å². The predicted molar refractivity (Wildman–Crippen MR) is 88.2 cm³/mol. The highest BCUT2D eigenvalue weighted by Crippen LogP contribution is 2.13. The summed E-state index contributed by atoms with van der Waals surface area (Å²) in [6.45, 7) is 8.12. The van der Waals surface area contributed by atoms with E-state index in [-0.39, 0.29) is 18.1 Å². The summed E-state index contributed by atoms with van der Waals surface area (Å²) < 4.78 is 5.58. The molecule has 5 nitrogen and oxygen atoms in total. The van der Waals surface area contributed by atoms with E-state index in [0.29, 0.717) is 6.61 Å². The zero-order chi connectivity index (χ0) is 15.4. The maximum atomic E-state index is 12.6. The van der Waals surface area contributed by atoms with E-state index in [1.54, 1.807) is 0 Å². The first-order chi connectivity index (χ1) is 10.7. The van der Waals surface area contributed by atoms with Crippen molar-refractivity contribution >= 4 is 17.2 Å². The molecule has 2 fully saturated rings. The Kier molecular flexibility index (Phi) is 5.46. The van der Waals surface area contributed by atoms with Crippen LogP contribution in [-0.2, 0) is 16.0 Å². The molecule has 2 aliphatic heterocycles. The number of rotatable bonds is 4. The van der Waals surface area contributed by atoms with Gasteiger partial charge in [0.25, 0.3) is 0 Å². The van der Waals surface area contributed by atoms with E-state index in [1.165, 1.54) is 4.88 Å². The van der Waals surface area contributed by atoms with Crippen molar-refractivity contribution in [1.82, 2.24) is 15.1 Å². The number of hydrogen-bond donors (Lipinski definition) is 1. The molecule has 0 aliphatic carbocycles. The topological polar surface area (TPSA) is 44.8 Å². The molecule has 1 aromatic rings. The van der Waals surface area contributed by atoms with Crippen LogP contribution >= 0.6 is 11.3 Å². The molecule has 2 atom stereocenters. The summed E-state index contributed by atoms with van der Waals surface area (Å²) in [5.74, 6) is 0.199. The number of carbonyl (C=O) groups is 1. The maximum Gasteiger partial charge on any atom is 0.242 e. The summed E-state index contributed by atoms with van der Waals surface area (Å²) in [6.07, 6.45) is 1.08. The Morgan fingerprint density at radius 3 is 2.91 bits per heavy atom. The van der Waals surface area contributed by atoms with Crippen LogP contribution in [0, 0.1) is 0 Å². The number of piperazine rings is 1. The van der Waals surface area contributed by atoms with E-state index in [2.05, 4.69) is 27.7 Å². The minimum absolute atomic E-state index is 0.0295. The standard InChI is InChI=1S/C16H25N3O2S/c1-13-15(17-5-11-21-13)16(20)19-9-7-18(8-10-19)6-4-14-3-2-12-22-14/h2-3,12-13,15,17H,4-11H2,1H3/t13-,15+/m1/s1. The molecular weight excluding hydrogens is 298 g/mol. The van der Waals surface area contributed by atoms with E-state index < -0.39 is 0 Å². The molecule has 0 radical (unpaired) electrons. The lowest BCUT2D eigenvalue weighted by Crippen LogP contribution is -2.59. The van der Waals surface area contributed by atoms with E-state index in [4.69, 9.17) is 4.74 Å². The van der Waals surface area contributed by atoms with Crippen molar-refractivity contribution in [2.75, 3.05) is 45.9 Å². The molecule has 6 heteroatoms. The van der Waals surface area contributed by atoms with Crippen molar-refractivity contribution < 1.29 is 9.53 Å². The van der Waals surface area contributed by atoms with Gasteiger partial charge in [0.2, 0.25) is 5.91 Å². The normalized spacial score (nSPS) is 27.0. The van der Waals surface area contributed by atoms with Gasteiger partial charge in [-0.1, -0.05) is 6.07 Å². The van der Waals surface area contributed by atoms with Gasteiger partial charge in [0, 0.05) is 44.1 Å². The fourth-order valence-electron chi connectivity index (χ4n) is 3.12. The smallest absolute Gasteiger partial charge is 0.242 e. The number of morpholine rings is 1. The maximum absolute atomic E-state index is 12.6. The summed E-state index contributed by atoms with van der Waals surface area (Å²) in [7, 11) is 0. The largest absolute Gasteiger partial charge is 0.375 e. The molecule has 2 saturated heterocycles. The summed E-state index contributed by atoms with van der Waals surface area (Å²) in [4.78, 5) is 18.5. The van der Waals surface area contributed by atoms with Gasteiger partial charge in [-0.15, -0.1) is 11.3 Å². The molecule has 1 aromatic heterocycles. The molecule has 0 unspecified atom stereocenters. The fraction of sp³-hybridized carbons (Fsp3) is 0.688. The third-order valence-electron chi connectivity index (χ3n) is 4.52. The van der Waals surface area contributed by atoms with Crippen LogP contribution in [-0.4, -0.2) is 73.7 Å². The van der Waals surface area contributed by atoms with Gasteiger partial charge < -0.3 is 15.0 Å². The Labute approximate surface area is 136 Å². The molecule has 0 aromatic carbocycles. The monoisotopic (exact) mass is 323 g/mol. The van der Waals surface area contributed by atoms with Crippen molar-refractivity contribution in [2.45, 2.75) is 25.5 Å². The van der Waals surface area contributed by atoms with Crippen LogP contribution in [0.3, 0.4) is 0 Å². The number of thiophene rings is 1. The van der Waals surface area contributed by atoms with E-state index >= 15 is 0 Å². The van der Waals surface area contributed by atoms with Crippen molar-refractivity contribution in [1.29, 1.82) is 0 Å². The number of amides is 1. The zero-order valence-electron chi connectivity index (χ0n) is 13.2. The Hall–Kier alpha value is -0.950. The van der Waals surface area contributed by atoms with Crippen LogP contribution in [0.4, 0.5) is 0 Å². The van der Waals surface area contributed by atoms with Gasteiger partial charge in [0.1, 0.15) is 6.04 Å². The average Bonchev–Trinajstić information content (AvgIpc) is 3.07. The van der Waals surface area contributed by atoms with Gasteiger partial charge in [-0.3, -0.25) is 9.69 Å². The Morgan fingerprint density at radius 2 is 2.23 bits per heavy atom. The molecule has 0 saturated carbocycles. The fourth-order valence-corrected chi connectivity index (χ4v) is 3.82. The minimum atomic E-state index is -0.175. The summed E-state index contributed by atoms with van der Waals surface area (Å²) in [5.41, 5.74) is 0. The third-order valence-corrected chi connectivity index (χ3v) is 5.46. The van der Waals surface area contributed by atoms with Crippen molar-refractivity contribution in [3.63, 3.8) is 0 Å². The third kappa shape index (κ3) is 3.87. The lowest BCUT2D eigenvalue weighted by Gasteiger charge is -2.38. The second-order valence-corrected chi connectivity index (χ2v) is 7.04. The van der Waals surface area contributed by atoms with Crippen molar-refractivity contribution in [2.24, 2.45) is 0 Å². The number of hydrogen-bond acceptors (Lipinski definition) is 5. The molecule has 0 spiro atoms. The highest BCUT2D eigenvalue weighted by molar-refractivity contribution is 7.09. The summed E-state index contributed by atoms with van der Waals surface area (Å²) in [5, 5.41) is 5.42. The SMILES string of the molecule is C[C@H]1OCCN[C@@H]1C(=O)N1CCN(CCc2cccs2)CC1. The van der Waals surface area contributed by atoms with Crippen molar-refractivity contribution in [3.8, 4) is 0 Å². The summed E-state index contributed by atoms with van der Waals surface area (Å²) >= 11 is 1.82. The molecule has 3 rings (SSSR count). The van der Waals surface area contributed by atoms with E-state index in [9.17, 15) is 4.79 Å². The lowest BCUT2D eigenvalue weighted by atomic mass is 10.1. The number of carbonyl (C=O) groups excluding carboxylic acids is 1. The molecule has 22 heavy (non-hydrogen) atoms. The molecule has 2 aliphatic rings. The summed E-state index contributed by atoms with van der Waals surface area (Å²) in [6, 6.07) is 4.13. The molecular formula is C16H25N3O2S. The number of ether oxygens (including phenoxy) is 1. The molecule has 3 heterocycles. The zero-order valence-corrected chi connectivity index (χ0v) is 14.0. The van der Waals surface area contributed by atoms with Gasteiger partial charge in [0.15, 0.2) is 0 Å². The van der Waals surface area contributed by atoms with Gasteiger partial charge in [-0.05, 0) is 24.8 Å². The second-order valence-electron chi connectivity index (χ2n) is 6.00.